The molecule has 7 nitrogen and oxygen atoms in total. The van der Waals surface area contributed by atoms with Crippen LogP contribution in [0.25, 0.3) is 0 Å². The smallest absolute Gasteiger partial charge is 0.308 e. The average Bonchev–Trinajstić information content (AvgIpc) is 3.17. The number of methoxy groups -OCH3 is 1. The van der Waals surface area contributed by atoms with E-state index in [4.69, 9.17) is 14.0 Å². The van der Waals surface area contributed by atoms with Crippen LogP contribution in [0, 0.1) is 17.6 Å². The number of likely N-dealkylation sites (tertiary alicyclic amines) is 1. The number of hydrogen-bond acceptors (Lipinski definition) is 6. The van der Waals surface area contributed by atoms with Crippen LogP contribution >= 0.6 is 0 Å². The minimum absolute atomic E-state index is 0.0875. The molecule has 2 aromatic rings. The van der Waals surface area contributed by atoms with E-state index in [1.54, 1.807) is 4.90 Å². The van der Waals surface area contributed by atoms with Crippen molar-refractivity contribution in [3.63, 3.8) is 0 Å². The summed E-state index contributed by atoms with van der Waals surface area (Å²) < 4.78 is 41.1. The van der Waals surface area contributed by atoms with E-state index in [0.717, 1.165) is 12.1 Å². The van der Waals surface area contributed by atoms with E-state index in [1.807, 2.05) is 0 Å². The van der Waals surface area contributed by atoms with Gasteiger partial charge in [0.2, 0.25) is 0 Å². The van der Waals surface area contributed by atoms with Gasteiger partial charge in [0.15, 0.2) is 23.1 Å². The number of aromatic nitrogens is 1. The highest BCUT2D eigenvalue weighted by Crippen LogP contribution is 2.21. The quantitative estimate of drug-likeness (QED) is 0.742. The molecule has 0 spiro atoms. The maximum absolute atomic E-state index is 13.2. The van der Waals surface area contributed by atoms with E-state index >= 15 is 0 Å². The summed E-state index contributed by atoms with van der Waals surface area (Å²) >= 11 is 0. The first kappa shape index (κ1) is 18.8. The lowest BCUT2D eigenvalue weighted by atomic mass is 9.97. The molecule has 9 heteroatoms. The molecule has 2 heterocycles. The number of rotatable bonds is 5. The van der Waals surface area contributed by atoms with Crippen molar-refractivity contribution in [1.82, 2.24) is 10.1 Å². The summed E-state index contributed by atoms with van der Waals surface area (Å²) in [6, 6.07) is 4.60. The van der Waals surface area contributed by atoms with Gasteiger partial charge in [-0.3, -0.25) is 9.59 Å². The first-order valence-corrected chi connectivity index (χ1v) is 8.38. The van der Waals surface area contributed by atoms with Crippen LogP contribution < -0.4 is 4.74 Å². The lowest BCUT2D eigenvalue weighted by molar-refractivity contribution is -0.146. The van der Waals surface area contributed by atoms with Gasteiger partial charge in [0, 0.05) is 25.2 Å². The molecular weight excluding hydrogens is 362 g/mol. The minimum Gasteiger partial charge on any atom is -0.485 e. The van der Waals surface area contributed by atoms with Gasteiger partial charge >= 0.3 is 5.97 Å². The molecule has 0 saturated carbocycles. The maximum atomic E-state index is 13.2. The molecule has 1 saturated heterocycles. The van der Waals surface area contributed by atoms with Gasteiger partial charge in [0.05, 0.1) is 13.0 Å². The fraction of sp³-hybridized carbons (Fsp3) is 0.389. The zero-order valence-electron chi connectivity index (χ0n) is 14.6. The summed E-state index contributed by atoms with van der Waals surface area (Å²) in [5, 5.41) is 3.73. The highest BCUT2D eigenvalue weighted by Gasteiger charge is 2.29. The zero-order chi connectivity index (χ0) is 19.4. The molecule has 0 bridgehead atoms. The third-order valence-electron chi connectivity index (χ3n) is 4.37. The number of carbonyl (C=O) groups is 2. The Kier molecular flexibility index (Phi) is 5.68. The number of halogens is 2. The van der Waals surface area contributed by atoms with E-state index in [0.29, 0.717) is 25.9 Å². The molecule has 1 amide bonds. The number of amides is 1. The molecule has 1 aromatic heterocycles. The predicted molar refractivity (Wildman–Crippen MR) is 87.8 cm³/mol. The van der Waals surface area contributed by atoms with E-state index in [-0.39, 0.29) is 41.6 Å². The lowest BCUT2D eigenvalue weighted by Gasteiger charge is -2.29. The predicted octanol–water partition coefficient (Wildman–Crippen LogP) is 2.56. The molecule has 0 N–H and O–H groups in total. The standard InChI is InChI=1S/C18H18F2N2O5/c1-25-18(24)11-4-6-22(7-5-11)17(23)16-9-13(27-21-16)10-26-12-2-3-14(19)15(20)8-12/h2-3,8-9,11H,4-7,10H2,1H3. The van der Waals surface area contributed by atoms with Crippen molar-refractivity contribution >= 4 is 11.9 Å². The SMILES string of the molecule is COC(=O)C1CCN(C(=O)c2cc(COc3ccc(F)c(F)c3)on2)CC1. The second kappa shape index (κ2) is 8.15. The first-order chi connectivity index (χ1) is 13.0. The van der Waals surface area contributed by atoms with Crippen LogP contribution in [-0.4, -0.2) is 42.1 Å². The molecule has 3 rings (SSSR count). The molecule has 1 fully saturated rings. The van der Waals surface area contributed by atoms with Crippen molar-refractivity contribution in [3.8, 4) is 5.75 Å². The second-order valence-corrected chi connectivity index (χ2v) is 6.13. The van der Waals surface area contributed by atoms with Crippen molar-refractivity contribution in [1.29, 1.82) is 0 Å². The number of benzene rings is 1. The summed E-state index contributed by atoms with van der Waals surface area (Å²) in [6.45, 7) is 0.758. The molecule has 0 aliphatic carbocycles. The summed E-state index contributed by atoms with van der Waals surface area (Å²) in [5.74, 6) is -2.35. The van der Waals surface area contributed by atoms with Crippen LogP contribution in [0.2, 0.25) is 0 Å². The Morgan fingerprint density at radius 3 is 2.63 bits per heavy atom. The average molecular weight is 380 g/mol. The van der Waals surface area contributed by atoms with Crippen molar-refractivity contribution in [2.75, 3.05) is 20.2 Å². The number of nitrogens with zero attached hydrogens (tertiary/aromatic N) is 2. The van der Waals surface area contributed by atoms with Gasteiger partial charge in [-0.05, 0) is 25.0 Å². The van der Waals surface area contributed by atoms with Gasteiger partial charge in [-0.15, -0.1) is 0 Å². The monoisotopic (exact) mass is 380 g/mol. The number of carbonyl (C=O) groups excluding carboxylic acids is 2. The van der Waals surface area contributed by atoms with Gasteiger partial charge < -0.3 is 18.9 Å². The molecule has 144 valence electrons. The van der Waals surface area contributed by atoms with E-state index in [2.05, 4.69) is 5.16 Å². The summed E-state index contributed by atoms with van der Waals surface area (Å²) in [7, 11) is 1.35. The zero-order valence-corrected chi connectivity index (χ0v) is 14.6. The van der Waals surface area contributed by atoms with Crippen molar-refractivity contribution in [2.45, 2.75) is 19.4 Å². The maximum Gasteiger partial charge on any atom is 0.308 e. The minimum atomic E-state index is -1.02. The van der Waals surface area contributed by atoms with Gasteiger partial charge in [-0.25, -0.2) is 8.78 Å². The fourth-order valence-electron chi connectivity index (χ4n) is 2.85. The third-order valence-corrected chi connectivity index (χ3v) is 4.37. The van der Waals surface area contributed by atoms with Gasteiger partial charge in [0.25, 0.3) is 5.91 Å². The highest BCUT2D eigenvalue weighted by molar-refractivity contribution is 5.92. The molecule has 0 unspecified atom stereocenters. The van der Waals surface area contributed by atoms with Crippen molar-refractivity contribution in [3.05, 3.63) is 47.4 Å². The molecule has 1 aliphatic rings. The van der Waals surface area contributed by atoms with Crippen LogP contribution in [0.5, 0.6) is 5.75 Å². The van der Waals surface area contributed by atoms with Crippen LogP contribution in [-0.2, 0) is 16.1 Å². The summed E-state index contributed by atoms with van der Waals surface area (Å²) in [6.07, 6.45) is 1.06. The van der Waals surface area contributed by atoms with Gasteiger partial charge in [-0.2, -0.15) is 0 Å². The van der Waals surface area contributed by atoms with Gasteiger partial charge in [0.1, 0.15) is 12.4 Å². The molecule has 1 aromatic carbocycles. The van der Waals surface area contributed by atoms with E-state index < -0.39 is 11.6 Å². The molecule has 0 atom stereocenters. The largest absolute Gasteiger partial charge is 0.485 e. The highest BCUT2D eigenvalue weighted by atomic mass is 19.2. The summed E-state index contributed by atoms with van der Waals surface area (Å²) in [4.78, 5) is 25.6. The Bertz CT molecular complexity index is 831. The third kappa shape index (κ3) is 4.42. The normalized spacial score (nSPS) is 14.9. The van der Waals surface area contributed by atoms with Gasteiger partial charge in [-0.1, -0.05) is 5.16 Å². The van der Waals surface area contributed by atoms with Crippen LogP contribution in [0.1, 0.15) is 29.1 Å². The molecule has 0 radical (unpaired) electrons. The van der Waals surface area contributed by atoms with Crippen LogP contribution in [0.15, 0.2) is 28.8 Å². The molecule has 1 aliphatic heterocycles. The molecular formula is C18H18F2N2O5. The summed E-state index contributed by atoms with van der Waals surface area (Å²) in [5.41, 5.74) is 0.121. The Labute approximate surface area is 153 Å². The van der Waals surface area contributed by atoms with Crippen LogP contribution in [0.3, 0.4) is 0 Å². The fourth-order valence-corrected chi connectivity index (χ4v) is 2.85. The Morgan fingerprint density at radius 1 is 1.22 bits per heavy atom. The van der Waals surface area contributed by atoms with E-state index in [9.17, 15) is 18.4 Å². The van der Waals surface area contributed by atoms with E-state index in [1.165, 1.54) is 19.2 Å². The Balaban J connectivity index is 1.55. The number of esters is 1. The Hall–Kier alpha value is -2.97. The first-order valence-electron chi connectivity index (χ1n) is 8.38. The topological polar surface area (TPSA) is 81.9 Å². The number of piperidine rings is 1. The van der Waals surface area contributed by atoms with Crippen LogP contribution in [0.4, 0.5) is 8.78 Å². The van der Waals surface area contributed by atoms with Crippen molar-refractivity contribution in [2.24, 2.45) is 5.92 Å². The molecule has 27 heavy (non-hydrogen) atoms. The lowest BCUT2D eigenvalue weighted by Crippen LogP contribution is -2.40. The number of ether oxygens (including phenoxy) is 2. The Morgan fingerprint density at radius 2 is 1.96 bits per heavy atom. The second-order valence-electron chi connectivity index (χ2n) is 6.13. The van der Waals surface area contributed by atoms with Crippen molar-refractivity contribution < 1.29 is 32.4 Å². The number of hydrogen-bond donors (Lipinski definition) is 0.